The van der Waals surface area contributed by atoms with Gasteiger partial charge in [-0.05, 0) is 13.8 Å². The van der Waals surface area contributed by atoms with Gasteiger partial charge in [0.1, 0.15) is 0 Å². The van der Waals surface area contributed by atoms with Gasteiger partial charge in [-0.15, -0.1) is 0 Å². The summed E-state index contributed by atoms with van der Waals surface area (Å²) in [5, 5.41) is 8.26. The topological polar surface area (TPSA) is 36.3 Å². The Hall–Kier alpha value is -0.160. The first kappa shape index (κ1) is 11.8. The highest BCUT2D eigenvalue weighted by atomic mass is 31.1. The fourth-order valence-electron chi connectivity index (χ4n) is 0.760. The lowest BCUT2D eigenvalue weighted by molar-refractivity contribution is 0.308. The molecule has 4 heteroatoms. The fourth-order valence-corrected chi connectivity index (χ4v) is 1.46. The second-order valence-electron chi connectivity index (χ2n) is 2.73. The summed E-state index contributed by atoms with van der Waals surface area (Å²) in [6.45, 7) is 7.95. The fraction of sp³-hybridized carbons (Fsp3) is 0.875. The molecule has 0 aromatic rings. The second kappa shape index (κ2) is 7.49. The van der Waals surface area contributed by atoms with E-state index in [2.05, 4.69) is 25.4 Å². The quantitative estimate of drug-likeness (QED) is 0.473. The molecule has 0 amide bonds. The van der Waals surface area contributed by atoms with E-state index in [0.717, 1.165) is 6.54 Å². The van der Waals surface area contributed by atoms with Crippen LogP contribution in [0.4, 0.5) is 0 Å². The van der Waals surface area contributed by atoms with E-state index in [0.29, 0.717) is 28.0 Å². The Morgan fingerprint density at radius 2 is 2.25 bits per heavy atom. The minimum Gasteiger partial charge on any atom is -0.345 e. The van der Waals surface area contributed by atoms with Crippen molar-refractivity contribution in [2.75, 3.05) is 13.2 Å². The molecule has 3 nitrogen and oxygen atoms in total. The summed E-state index contributed by atoms with van der Waals surface area (Å²) in [5.41, 5.74) is 0. The van der Waals surface area contributed by atoms with Crippen LogP contribution in [0, 0.1) is 11.3 Å². The predicted octanol–water partition coefficient (Wildman–Crippen LogP) is 2.16. The Morgan fingerprint density at radius 1 is 1.58 bits per heavy atom. The first-order valence-corrected chi connectivity index (χ1v) is 5.09. The van der Waals surface area contributed by atoms with Crippen molar-refractivity contribution in [3.8, 4) is 6.07 Å². The van der Waals surface area contributed by atoms with Gasteiger partial charge in [0.2, 0.25) is 0 Å². The Labute approximate surface area is 76.6 Å². The lowest BCUT2D eigenvalue weighted by Gasteiger charge is -2.23. The van der Waals surface area contributed by atoms with E-state index in [1.807, 2.05) is 6.07 Å². The highest BCUT2D eigenvalue weighted by Crippen LogP contribution is 2.21. The summed E-state index contributed by atoms with van der Waals surface area (Å²) in [5.74, 6) is 0. The molecule has 0 radical (unpaired) electrons. The average molecular weight is 188 g/mol. The van der Waals surface area contributed by atoms with Crippen LogP contribution in [0.5, 0.6) is 0 Å². The molecule has 12 heavy (non-hydrogen) atoms. The van der Waals surface area contributed by atoms with Crippen molar-refractivity contribution in [2.45, 2.75) is 33.2 Å². The Kier molecular flexibility index (Phi) is 7.39. The van der Waals surface area contributed by atoms with E-state index in [9.17, 15) is 0 Å². The van der Waals surface area contributed by atoms with Gasteiger partial charge in [-0.25, -0.2) is 0 Å². The lowest BCUT2D eigenvalue weighted by atomic mass is 10.4. The smallest absolute Gasteiger partial charge is 0.0891 e. The van der Waals surface area contributed by atoms with Gasteiger partial charge in [-0.3, -0.25) is 4.67 Å². The van der Waals surface area contributed by atoms with Crippen LogP contribution >= 0.6 is 8.96 Å². The van der Waals surface area contributed by atoms with Gasteiger partial charge in [0.05, 0.1) is 28.1 Å². The number of hydrogen-bond donors (Lipinski definition) is 0. The van der Waals surface area contributed by atoms with Crippen LogP contribution in [-0.4, -0.2) is 23.9 Å². The molecule has 0 rings (SSSR count). The van der Waals surface area contributed by atoms with Crippen molar-refractivity contribution in [2.24, 2.45) is 0 Å². The number of nitriles is 1. The van der Waals surface area contributed by atoms with E-state index in [4.69, 9.17) is 9.79 Å². The Bertz CT molecular complexity index is 144. The molecule has 0 saturated carbocycles. The van der Waals surface area contributed by atoms with Crippen LogP contribution in [0.2, 0.25) is 0 Å². The first-order chi connectivity index (χ1) is 5.72. The third kappa shape index (κ3) is 5.49. The van der Waals surface area contributed by atoms with Gasteiger partial charge in [0.15, 0.2) is 0 Å². The van der Waals surface area contributed by atoms with Gasteiger partial charge < -0.3 is 4.52 Å². The SMILES string of the molecule is CCN(POCCC#N)C(C)C. The third-order valence-electron chi connectivity index (χ3n) is 1.46. The summed E-state index contributed by atoms with van der Waals surface area (Å²) >= 11 is 0. The number of rotatable bonds is 6. The summed E-state index contributed by atoms with van der Waals surface area (Å²) in [6.07, 6.45) is 0.489. The molecule has 1 unspecified atom stereocenters. The summed E-state index contributed by atoms with van der Waals surface area (Å²) in [7, 11) is 0.396. The van der Waals surface area contributed by atoms with Crippen molar-refractivity contribution in [1.82, 2.24) is 4.67 Å². The highest BCUT2D eigenvalue weighted by Gasteiger charge is 2.05. The van der Waals surface area contributed by atoms with Gasteiger partial charge >= 0.3 is 0 Å². The van der Waals surface area contributed by atoms with Gasteiger partial charge in [0.25, 0.3) is 0 Å². The van der Waals surface area contributed by atoms with E-state index >= 15 is 0 Å². The standard InChI is InChI=1S/C8H17N2OP/c1-4-10(8(2)3)12-11-7-5-6-9/h8,12H,4-5,7H2,1-3H3. The maximum atomic E-state index is 8.26. The molecule has 0 aromatic heterocycles. The molecule has 0 aromatic carbocycles. The van der Waals surface area contributed by atoms with Crippen molar-refractivity contribution in [3.63, 3.8) is 0 Å². The summed E-state index contributed by atoms with van der Waals surface area (Å²) < 4.78 is 7.55. The molecule has 0 N–H and O–H groups in total. The van der Waals surface area contributed by atoms with Crippen molar-refractivity contribution >= 4 is 8.96 Å². The summed E-state index contributed by atoms with van der Waals surface area (Å²) in [6, 6.07) is 2.57. The van der Waals surface area contributed by atoms with Crippen LogP contribution in [0.15, 0.2) is 0 Å². The molecular weight excluding hydrogens is 171 g/mol. The molecule has 0 spiro atoms. The van der Waals surface area contributed by atoms with Crippen molar-refractivity contribution in [3.05, 3.63) is 0 Å². The van der Waals surface area contributed by atoms with Crippen LogP contribution in [0.1, 0.15) is 27.2 Å². The monoisotopic (exact) mass is 188 g/mol. The molecule has 0 aliphatic carbocycles. The van der Waals surface area contributed by atoms with Gasteiger partial charge in [0, 0.05) is 12.6 Å². The zero-order valence-electron chi connectivity index (χ0n) is 8.00. The summed E-state index contributed by atoms with van der Waals surface area (Å²) in [4.78, 5) is 0. The minimum absolute atomic E-state index is 0.396. The molecule has 0 bridgehead atoms. The first-order valence-electron chi connectivity index (χ1n) is 4.23. The Balaban J connectivity index is 3.40. The van der Waals surface area contributed by atoms with Gasteiger partial charge in [-0.2, -0.15) is 5.26 Å². The molecule has 0 heterocycles. The van der Waals surface area contributed by atoms with Crippen LogP contribution in [-0.2, 0) is 4.52 Å². The second-order valence-corrected chi connectivity index (χ2v) is 3.77. The van der Waals surface area contributed by atoms with E-state index in [1.165, 1.54) is 0 Å². The highest BCUT2D eigenvalue weighted by molar-refractivity contribution is 7.29. The van der Waals surface area contributed by atoms with Gasteiger partial charge in [-0.1, -0.05) is 6.92 Å². The lowest BCUT2D eigenvalue weighted by Crippen LogP contribution is -2.22. The molecule has 1 atom stereocenters. The van der Waals surface area contributed by atoms with Crippen LogP contribution in [0.25, 0.3) is 0 Å². The third-order valence-corrected chi connectivity index (χ3v) is 2.86. The van der Waals surface area contributed by atoms with Crippen LogP contribution < -0.4 is 0 Å². The molecule has 0 fully saturated rings. The number of hydrogen-bond acceptors (Lipinski definition) is 3. The minimum atomic E-state index is 0.396. The molecular formula is C8H17N2OP. The molecule has 0 aliphatic rings. The molecule has 70 valence electrons. The zero-order valence-corrected chi connectivity index (χ0v) is 9.00. The van der Waals surface area contributed by atoms with E-state index in [-0.39, 0.29) is 0 Å². The zero-order chi connectivity index (χ0) is 9.40. The normalized spacial score (nSPS) is 11.7. The van der Waals surface area contributed by atoms with Crippen LogP contribution in [0.3, 0.4) is 0 Å². The molecule has 0 aliphatic heterocycles. The Morgan fingerprint density at radius 3 is 2.67 bits per heavy atom. The van der Waals surface area contributed by atoms with E-state index in [1.54, 1.807) is 0 Å². The predicted molar refractivity (Wildman–Crippen MR) is 52.0 cm³/mol. The molecule has 0 saturated heterocycles. The number of nitrogens with zero attached hydrogens (tertiary/aromatic N) is 2. The largest absolute Gasteiger partial charge is 0.345 e. The van der Waals surface area contributed by atoms with E-state index < -0.39 is 0 Å². The van der Waals surface area contributed by atoms with Crippen molar-refractivity contribution < 1.29 is 4.52 Å². The maximum absolute atomic E-state index is 8.26. The van der Waals surface area contributed by atoms with Crippen molar-refractivity contribution in [1.29, 1.82) is 5.26 Å². The average Bonchev–Trinajstić information content (AvgIpc) is 2.04. The maximum Gasteiger partial charge on any atom is 0.0891 e.